The van der Waals surface area contributed by atoms with Crippen molar-refractivity contribution in [1.82, 2.24) is 9.97 Å². The zero-order valence-electron chi connectivity index (χ0n) is 8.07. The molecular weight excluding hydrogens is 278 g/mol. The number of nitrogens with zero attached hydrogens (tertiary/aromatic N) is 2. The predicted molar refractivity (Wildman–Crippen MR) is 59.2 cm³/mol. The lowest BCUT2D eigenvalue weighted by molar-refractivity contribution is 0.0375. The van der Waals surface area contributed by atoms with Gasteiger partial charge in [-0.15, -0.1) is 0 Å². The second-order valence-corrected chi connectivity index (χ2v) is 3.98. The zero-order chi connectivity index (χ0) is 11.6. The van der Waals surface area contributed by atoms with Gasteiger partial charge in [-0.2, -0.15) is 8.78 Å². The topological polar surface area (TPSA) is 25.8 Å². The Bertz CT molecular complexity index is 471. The number of rotatable bonds is 2. The SMILES string of the molecule is FC(F)(c1ccccc1)c1cnc(Br)cn1. The van der Waals surface area contributed by atoms with E-state index >= 15 is 0 Å². The van der Waals surface area contributed by atoms with Gasteiger partial charge < -0.3 is 0 Å². The van der Waals surface area contributed by atoms with Crippen LogP contribution in [0.3, 0.4) is 0 Å². The third-order valence-corrected chi connectivity index (χ3v) is 2.49. The van der Waals surface area contributed by atoms with Gasteiger partial charge in [0.15, 0.2) is 0 Å². The lowest BCUT2D eigenvalue weighted by Gasteiger charge is -2.15. The molecule has 0 saturated carbocycles. The number of alkyl halides is 2. The molecule has 0 saturated heterocycles. The number of benzene rings is 1. The first-order valence-corrected chi connectivity index (χ1v) is 5.31. The molecule has 0 amide bonds. The van der Waals surface area contributed by atoms with Crippen molar-refractivity contribution in [2.75, 3.05) is 0 Å². The number of halogens is 3. The normalized spacial score (nSPS) is 11.4. The third kappa shape index (κ3) is 2.09. The van der Waals surface area contributed by atoms with E-state index in [0.717, 1.165) is 6.20 Å². The van der Waals surface area contributed by atoms with Crippen LogP contribution >= 0.6 is 15.9 Å². The molecule has 0 atom stereocenters. The molecule has 2 aromatic rings. The number of hydrogen-bond acceptors (Lipinski definition) is 2. The van der Waals surface area contributed by atoms with Crippen LogP contribution < -0.4 is 0 Å². The fourth-order valence-electron chi connectivity index (χ4n) is 1.27. The van der Waals surface area contributed by atoms with Crippen molar-refractivity contribution in [2.45, 2.75) is 5.92 Å². The van der Waals surface area contributed by atoms with E-state index < -0.39 is 5.92 Å². The first kappa shape index (κ1) is 11.1. The minimum atomic E-state index is -3.12. The molecule has 2 rings (SSSR count). The molecule has 1 aromatic carbocycles. The molecule has 5 heteroatoms. The summed E-state index contributed by atoms with van der Waals surface area (Å²) in [5, 5.41) is 0. The Kier molecular flexibility index (Phi) is 2.96. The highest BCUT2D eigenvalue weighted by atomic mass is 79.9. The summed E-state index contributed by atoms with van der Waals surface area (Å²) >= 11 is 3.05. The minimum Gasteiger partial charge on any atom is -0.250 e. The van der Waals surface area contributed by atoms with Crippen molar-refractivity contribution in [3.05, 3.63) is 58.6 Å². The Morgan fingerprint density at radius 3 is 2.25 bits per heavy atom. The van der Waals surface area contributed by atoms with Crippen molar-refractivity contribution in [3.63, 3.8) is 0 Å². The van der Waals surface area contributed by atoms with Crippen molar-refractivity contribution in [3.8, 4) is 0 Å². The monoisotopic (exact) mass is 284 g/mol. The largest absolute Gasteiger partial charge is 0.316 e. The molecule has 0 aliphatic rings. The van der Waals surface area contributed by atoms with E-state index in [1.165, 1.54) is 18.3 Å². The molecule has 0 radical (unpaired) electrons. The Labute approximate surface area is 99.5 Å². The van der Waals surface area contributed by atoms with E-state index in [-0.39, 0.29) is 11.3 Å². The molecule has 1 heterocycles. The lowest BCUT2D eigenvalue weighted by Crippen LogP contribution is -2.17. The summed E-state index contributed by atoms with van der Waals surface area (Å²) < 4.78 is 28.2. The van der Waals surface area contributed by atoms with Crippen LogP contribution in [0, 0.1) is 0 Å². The van der Waals surface area contributed by atoms with Crippen LogP contribution in [0.5, 0.6) is 0 Å². The smallest absolute Gasteiger partial charge is 0.250 e. The standard InChI is InChI=1S/C11H7BrF2N2/c12-10-7-15-9(6-16-10)11(13,14)8-4-2-1-3-5-8/h1-7H. The van der Waals surface area contributed by atoms with Gasteiger partial charge in [0, 0.05) is 5.56 Å². The van der Waals surface area contributed by atoms with Crippen LogP contribution in [-0.2, 0) is 5.92 Å². The van der Waals surface area contributed by atoms with E-state index in [0.29, 0.717) is 4.60 Å². The van der Waals surface area contributed by atoms with Gasteiger partial charge in [0.1, 0.15) is 10.3 Å². The summed E-state index contributed by atoms with van der Waals surface area (Å²) in [6.07, 6.45) is 2.32. The molecule has 2 nitrogen and oxygen atoms in total. The lowest BCUT2D eigenvalue weighted by atomic mass is 10.1. The van der Waals surface area contributed by atoms with Crippen LogP contribution in [0.25, 0.3) is 0 Å². The van der Waals surface area contributed by atoms with Crippen LogP contribution in [0.15, 0.2) is 47.3 Å². The number of aromatic nitrogens is 2. The maximum atomic E-state index is 13.9. The average Bonchev–Trinajstić information content (AvgIpc) is 2.31. The first-order chi connectivity index (χ1) is 7.60. The van der Waals surface area contributed by atoms with Gasteiger partial charge in [-0.25, -0.2) is 4.98 Å². The van der Waals surface area contributed by atoms with Gasteiger partial charge in [0.05, 0.1) is 12.4 Å². The Balaban J connectivity index is 2.43. The second-order valence-electron chi connectivity index (χ2n) is 3.16. The van der Waals surface area contributed by atoms with Gasteiger partial charge in [0.2, 0.25) is 0 Å². The molecule has 0 N–H and O–H groups in total. The molecule has 0 unspecified atom stereocenters. The van der Waals surface area contributed by atoms with Gasteiger partial charge in [0.25, 0.3) is 0 Å². The molecule has 0 aliphatic carbocycles. The molecule has 0 bridgehead atoms. The van der Waals surface area contributed by atoms with Crippen LogP contribution in [-0.4, -0.2) is 9.97 Å². The Morgan fingerprint density at radius 2 is 1.69 bits per heavy atom. The fourth-order valence-corrected chi connectivity index (χ4v) is 1.47. The van der Waals surface area contributed by atoms with Gasteiger partial charge in [-0.1, -0.05) is 30.3 Å². The van der Waals surface area contributed by atoms with E-state index in [4.69, 9.17) is 0 Å². The molecule has 16 heavy (non-hydrogen) atoms. The van der Waals surface area contributed by atoms with Crippen molar-refractivity contribution in [2.24, 2.45) is 0 Å². The van der Waals surface area contributed by atoms with E-state index in [9.17, 15) is 8.78 Å². The maximum absolute atomic E-state index is 13.9. The van der Waals surface area contributed by atoms with Crippen LogP contribution in [0.4, 0.5) is 8.78 Å². The highest BCUT2D eigenvalue weighted by Crippen LogP contribution is 2.33. The summed E-state index contributed by atoms with van der Waals surface area (Å²) in [4.78, 5) is 7.41. The minimum absolute atomic E-state index is 0.0911. The highest BCUT2D eigenvalue weighted by Gasteiger charge is 2.35. The fraction of sp³-hybridized carbons (Fsp3) is 0.0909. The van der Waals surface area contributed by atoms with Crippen LogP contribution in [0.1, 0.15) is 11.3 Å². The first-order valence-electron chi connectivity index (χ1n) is 4.52. The van der Waals surface area contributed by atoms with Gasteiger partial charge in [-0.3, -0.25) is 4.98 Å². The quantitative estimate of drug-likeness (QED) is 0.845. The Hall–Kier alpha value is -1.36. The zero-order valence-corrected chi connectivity index (χ0v) is 9.66. The predicted octanol–water partition coefficient (Wildman–Crippen LogP) is 3.38. The Morgan fingerprint density at radius 1 is 1.00 bits per heavy atom. The molecule has 0 fully saturated rings. The van der Waals surface area contributed by atoms with E-state index in [1.807, 2.05) is 0 Å². The number of hydrogen-bond donors (Lipinski definition) is 0. The molecular formula is C11H7BrF2N2. The summed E-state index contributed by atoms with van der Waals surface area (Å²) in [7, 11) is 0. The maximum Gasteiger partial charge on any atom is 0.316 e. The summed E-state index contributed by atoms with van der Waals surface area (Å²) in [6.45, 7) is 0. The van der Waals surface area contributed by atoms with E-state index in [2.05, 4.69) is 25.9 Å². The van der Waals surface area contributed by atoms with E-state index in [1.54, 1.807) is 18.2 Å². The molecule has 0 spiro atoms. The highest BCUT2D eigenvalue weighted by molar-refractivity contribution is 9.10. The van der Waals surface area contributed by atoms with Crippen LogP contribution in [0.2, 0.25) is 0 Å². The summed E-state index contributed by atoms with van der Waals surface area (Å²) in [5.74, 6) is -3.12. The summed E-state index contributed by atoms with van der Waals surface area (Å²) in [6, 6.07) is 7.55. The average molecular weight is 285 g/mol. The van der Waals surface area contributed by atoms with Gasteiger partial charge >= 0.3 is 5.92 Å². The van der Waals surface area contributed by atoms with Gasteiger partial charge in [-0.05, 0) is 15.9 Å². The molecule has 0 aliphatic heterocycles. The van der Waals surface area contributed by atoms with Crippen molar-refractivity contribution in [1.29, 1.82) is 0 Å². The van der Waals surface area contributed by atoms with Crippen molar-refractivity contribution < 1.29 is 8.78 Å². The molecule has 82 valence electrons. The molecule has 1 aromatic heterocycles. The summed E-state index contributed by atoms with van der Waals surface area (Å²) in [5.41, 5.74) is -0.450. The van der Waals surface area contributed by atoms with Crippen molar-refractivity contribution >= 4 is 15.9 Å². The third-order valence-electron chi connectivity index (χ3n) is 2.08. The second kappa shape index (κ2) is 4.25.